The second-order valence-corrected chi connectivity index (χ2v) is 36.8. The highest BCUT2D eigenvalue weighted by atomic mass is 16.6. The first kappa shape index (κ1) is 93.1. The van der Waals surface area contributed by atoms with Crippen LogP contribution in [0.4, 0.5) is 22.7 Å². The minimum absolute atomic E-state index is 0.0255. The molecule has 4 unspecified atom stereocenters. The molecule has 129 heavy (non-hydrogen) atoms. The van der Waals surface area contributed by atoms with E-state index in [9.17, 15) is 19.2 Å². The molecule has 4 amide bonds. The third kappa shape index (κ3) is 25.5. The van der Waals surface area contributed by atoms with Gasteiger partial charge in [0.1, 0.15) is 64.4 Å². The molecular formula is C110H121N5O14. The van der Waals surface area contributed by atoms with E-state index in [1.54, 1.807) is 26.6 Å². The van der Waals surface area contributed by atoms with Crippen molar-refractivity contribution in [2.75, 3.05) is 88.3 Å². The van der Waals surface area contributed by atoms with Gasteiger partial charge in [-0.3, -0.25) is 24.2 Å². The number of para-hydroxylation sites is 1. The van der Waals surface area contributed by atoms with Crippen molar-refractivity contribution in [2.24, 2.45) is 0 Å². The fourth-order valence-corrected chi connectivity index (χ4v) is 16.0. The zero-order chi connectivity index (χ0) is 91.4. The van der Waals surface area contributed by atoms with Crippen molar-refractivity contribution in [2.45, 2.75) is 161 Å². The van der Waals surface area contributed by atoms with Gasteiger partial charge in [-0.2, -0.15) is 0 Å². The average Bonchev–Trinajstić information content (AvgIpc) is 0.809. The number of carbonyl (C=O) groups excluding carboxylic acids is 4. The molecule has 0 radical (unpaired) electrons. The van der Waals surface area contributed by atoms with Crippen LogP contribution in [0.2, 0.25) is 0 Å². The predicted octanol–water partition coefficient (Wildman–Crippen LogP) is 23.4. The van der Waals surface area contributed by atoms with Crippen LogP contribution in [0.25, 0.3) is 0 Å². The molecule has 5 heterocycles. The van der Waals surface area contributed by atoms with E-state index in [1.165, 1.54) is 33.4 Å². The van der Waals surface area contributed by atoms with Gasteiger partial charge in [0.25, 0.3) is 0 Å². The smallest absolute Gasteiger partial charge is 0.225 e. The molecule has 0 fully saturated rings. The quantitative estimate of drug-likeness (QED) is 0.0496. The number of methoxy groups -OCH3 is 2. The Morgan fingerprint density at radius 1 is 0.295 bits per heavy atom. The van der Waals surface area contributed by atoms with Crippen molar-refractivity contribution < 1.29 is 66.5 Å². The lowest BCUT2D eigenvalue weighted by molar-refractivity contribution is -0.117. The Kier molecular flexibility index (Phi) is 30.6. The molecule has 0 spiro atoms. The molecule has 4 atom stereocenters. The summed E-state index contributed by atoms with van der Waals surface area (Å²) in [5.41, 5.74) is 18.0. The van der Waals surface area contributed by atoms with E-state index in [-0.39, 0.29) is 75.4 Å². The topological polar surface area (TPSA) is 222 Å². The fraction of sp³-hybridized carbons (Fsp3) is 0.318. The number of carbonyl (C=O) groups is 4. The van der Waals surface area contributed by atoms with Crippen molar-refractivity contribution >= 4 is 46.4 Å². The van der Waals surface area contributed by atoms with E-state index in [1.807, 2.05) is 146 Å². The van der Waals surface area contributed by atoms with Gasteiger partial charge >= 0.3 is 0 Å². The van der Waals surface area contributed by atoms with Gasteiger partial charge in [-0.1, -0.05) is 235 Å². The van der Waals surface area contributed by atoms with Crippen molar-refractivity contribution in [3.05, 3.63) is 340 Å². The number of hydrogen-bond donors (Lipinski definition) is 4. The molecule has 670 valence electrons. The number of rotatable bonds is 22. The van der Waals surface area contributed by atoms with Gasteiger partial charge in [0.05, 0.1) is 14.2 Å². The average molecular weight is 1740 g/mol. The van der Waals surface area contributed by atoms with Crippen LogP contribution in [0.1, 0.15) is 205 Å². The summed E-state index contributed by atoms with van der Waals surface area (Å²) in [4.78, 5) is 56.4. The number of fused-ring (bicyclic) bond motifs is 4. The van der Waals surface area contributed by atoms with Crippen LogP contribution in [-0.4, -0.2) is 95.7 Å². The molecule has 11 aromatic carbocycles. The summed E-state index contributed by atoms with van der Waals surface area (Å²) >= 11 is 0. The number of amides is 4. The summed E-state index contributed by atoms with van der Waals surface area (Å²) in [5.74, 6) is 6.42. The van der Waals surface area contributed by atoms with Gasteiger partial charge in [0.2, 0.25) is 23.6 Å². The van der Waals surface area contributed by atoms with Crippen LogP contribution in [0.15, 0.2) is 267 Å². The highest BCUT2D eigenvalue weighted by Crippen LogP contribution is 2.43. The Balaban J connectivity index is 0.000000147. The Bertz CT molecular complexity index is 5790. The third-order valence-electron chi connectivity index (χ3n) is 23.3. The molecule has 12 aromatic rings. The number of nitrogens with one attached hydrogen (secondary N) is 4. The zero-order valence-corrected chi connectivity index (χ0v) is 76.9. The number of pyridine rings is 1. The van der Waals surface area contributed by atoms with E-state index >= 15 is 0 Å². The Labute approximate surface area is 759 Å². The van der Waals surface area contributed by atoms with Gasteiger partial charge in [0.15, 0.2) is 46.0 Å². The number of nitrogens with zero attached hydrogens (tertiary/aromatic N) is 1. The van der Waals surface area contributed by atoms with Gasteiger partial charge in [-0.15, -0.1) is 0 Å². The molecule has 4 N–H and O–H groups in total. The highest BCUT2D eigenvalue weighted by molar-refractivity contribution is 5.94. The lowest BCUT2D eigenvalue weighted by Crippen LogP contribution is -2.18. The summed E-state index contributed by atoms with van der Waals surface area (Å²) in [7, 11) is 3.31. The summed E-state index contributed by atoms with van der Waals surface area (Å²) < 4.78 is 55.9. The van der Waals surface area contributed by atoms with Crippen LogP contribution >= 0.6 is 0 Å². The normalized spacial score (nSPS) is 13.9. The minimum atomic E-state index is -0.146. The SMILES string of the molecule is CC(C)(C)c1ccc(C(CC(=O)Nc2ccc3c(c2)OCCO3)c2ccncc2)cc1.COc1cccc(C(CC(=O)Nc2ccc3c(c2)OCCO3)c2ccc(C(C)(C)C)cc2)c1.COc1ccccc1C(CC(=O)Nc1ccc2c(c1)OCCO2)c1ccc(C(C)(C)C)cc1.Cc1ccccc1C(CC(=O)Nc1ccc2c(c1)OCCO2)c1ccc(C(C)(C)C)cc1. The maximum absolute atomic E-state index is 13.1. The van der Waals surface area contributed by atoms with Gasteiger partial charge < -0.3 is 68.6 Å². The number of aromatic nitrogens is 1. The summed E-state index contributed by atoms with van der Waals surface area (Å²) in [6.07, 6.45) is 4.80. The van der Waals surface area contributed by atoms with Crippen LogP contribution in [-0.2, 0) is 40.8 Å². The molecule has 1 aromatic heterocycles. The Morgan fingerprint density at radius 3 is 0.907 bits per heavy atom. The standard InChI is InChI=1S/2C28H31NO4.C28H31NO3.C26H28N2O3/c1-28(2,3)21-10-8-19(9-11-21)24(20-6-5-7-23(16-20)31-4)18-27(30)29-22-12-13-25-26(17-22)33-15-14-32-25;1-28(2,3)20-11-9-19(10-12-20)23(22-7-5-6-8-24(22)31-4)18-27(30)29-21-13-14-25-26(17-21)33-16-15-32-25;1-19-7-5-6-8-23(19)24(20-9-11-21(12-10-20)28(2,3)4)18-27(30)29-22-13-14-25-26(17-22)32-16-15-31-25;1-26(2,3)20-6-4-18(5-7-20)22(19-10-12-27-13-11-19)17-25(29)28-21-8-9-23-24(16-21)31-15-14-30-23/h5-13,16-17,24H,14-15,18H2,1-4H3,(H,29,30);5-14,17,23H,15-16,18H2,1-4H3,(H,29,30);5-14,17,24H,15-16,18H2,1-4H3,(H,29,30);4-13,16,22H,14-15,17H2,1-3H3,(H,28,29). The fourth-order valence-electron chi connectivity index (χ4n) is 16.0. The molecule has 19 nitrogen and oxygen atoms in total. The van der Waals surface area contributed by atoms with E-state index in [0.29, 0.717) is 141 Å². The van der Waals surface area contributed by atoms with Crippen molar-refractivity contribution in [3.8, 4) is 57.5 Å². The predicted molar refractivity (Wildman–Crippen MR) is 512 cm³/mol. The second kappa shape index (κ2) is 42.4. The molecule has 0 saturated carbocycles. The summed E-state index contributed by atoms with van der Waals surface area (Å²) in [5, 5.41) is 12.1. The number of anilines is 4. The number of benzene rings is 11. The Morgan fingerprint density at radius 2 is 0.581 bits per heavy atom. The molecular weight excluding hydrogens is 1620 g/mol. The lowest BCUT2D eigenvalue weighted by Gasteiger charge is -2.23. The first-order valence-corrected chi connectivity index (χ1v) is 44.3. The first-order valence-electron chi connectivity index (χ1n) is 44.3. The van der Waals surface area contributed by atoms with E-state index in [2.05, 4.69) is 225 Å². The number of ether oxygens (including phenoxy) is 10. The Hall–Kier alpha value is -13.6. The molecule has 16 rings (SSSR count). The summed E-state index contributed by atoms with van der Waals surface area (Å²) in [6.45, 7) is 32.7. The number of aryl methyl sites for hydroxylation is 1. The van der Waals surface area contributed by atoms with E-state index < -0.39 is 0 Å². The molecule has 0 saturated heterocycles. The zero-order valence-electron chi connectivity index (χ0n) is 76.9. The maximum Gasteiger partial charge on any atom is 0.225 e. The van der Waals surface area contributed by atoms with Gasteiger partial charge in [-0.25, -0.2) is 0 Å². The molecule has 19 heteroatoms. The largest absolute Gasteiger partial charge is 0.497 e. The van der Waals surface area contributed by atoms with Crippen molar-refractivity contribution in [3.63, 3.8) is 0 Å². The minimum Gasteiger partial charge on any atom is -0.497 e. The van der Waals surface area contributed by atoms with Crippen LogP contribution in [0.3, 0.4) is 0 Å². The third-order valence-corrected chi connectivity index (χ3v) is 23.3. The van der Waals surface area contributed by atoms with Crippen molar-refractivity contribution in [1.29, 1.82) is 0 Å². The van der Waals surface area contributed by atoms with Gasteiger partial charge in [-0.05, 0) is 174 Å². The van der Waals surface area contributed by atoms with Crippen LogP contribution < -0.4 is 68.6 Å². The molecule has 4 aliphatic rings. The summed E-state index contributed by atoms with van der Waals surface area (Å²) in [6, 6.07) is 84.3. The monoisotopic (exact) mass is 1740 g/mol. The second-order valence-electron chi connectivity index (χ2n) is 36.8. The molecule has 4 aliphatic heterocycles. The van der Waals surface area contributed by atoms with Gasteiger partial charge in [0, 0.05) is 114 Å². The van der Waals surface area contributed by atoms with Crippen molar-refractivity contribution in [1.82, 2.24) is 4.98 Å². The lowest BCUT2D eigenvalue weighted by atomic mass is 9.82. The highest BCUT2D eigenvalue weighted by Gasteiger charge is 2.29. The van der Waals surface area contributed by atoms with Crippen LogP contribution in [0.5, 0.6) is 57.5 Å². The van der Waals surface area contributed by atoms with Crippen LogP contribution in [0, 0.1) is 6.92 Å². The number of hydrogen-bond acceptors (Lipinski definition) is 15. The first-order chi connectivity index (χ1) is 61.9. The van der Waals surface area contributed by atoms with E-state index in [4.69, 9.17) is 47.4 Å². The van der Waals surface area contributed by atoms with E-state index in [0.717, 1.165) is 50.4 Å². The molecule has 0 bridgehead atoms. The maximum atomic E-state index is 13.1. The molecule has 0 aliphatic carbocycles.